The van der Waals surface area contributed by atoms with E-state index in [4.69, 9.17) is 9.52 Å². The maximum atomic E-state index is 10.3. The summed E-state index contributed by atoms with van der Waals surface area (Å²) in [5.41, 5.74) is 0. The van der Waals surface area contributed by atoms with Crippen LogP contribution in [-0.4, -0.2) is 27.0 Å². The molecule has 1 heterocycles. The maximum Gasteiger partial charge on any atom is 0.313 e. The molecule has 0 saturated carbocycles. The number of aromatic nitrogens is 2. The van der Waals surface area contributed by atoms with E-state index >= 15 is 0 Å². The van der Waals surface area contributed by atoms with Gasteiger partial charge in [-0.1, -0.05) is 13.8 Å². The molecule has 0 radical (unpaired) electrons. The van der Waals surface area contributed by atoms with Crippen LogP contribution in [0.1, 0.15) is 25.6 Å². The van der Waals surface area contributed by atoms with Crippen LogP contribution in [0.5, 0.6) is 0 Å². The van der Waals surface area contributed by atoms with E-state index in [-0.39, 0.29) is 5.75 Å². The Labute approximate surface area is 92.3 Å². The number of carboxylic acids is 1. The van der Waals surface area contributed by atoms with Crippen LogP contribution in [0.3, 0.4) is 0 Å². The van der Waals surface area contributed by atoms with Crippen molar-refractivity contribution in [2.24, 2.45) is 5.92 Å². The second-order valence-electron chi connectivity index (χ2n) is 3.57. The number of thioether (sulfide) groups is 1. The number of carbonyl (C=O) groups is 1. The maximum absolute atomic E-state index is 10.3. The average molecular weight is 230 g/mol. The first-order valence-corrected chi connectivity index (χ1v) is 5.84. The van der Waals surface area contributed by atoms with E-state index in [1.807, 2.05) is 0 Å². The van der Waals surface area contributed by atoms with Gasteiger partial charge >= 0.3 is 5.97 Å². The Morgan fingerprint density at radius 2 is 2.13 bits per heavy atom. The molecule has 0 bridgehead atoms. The highest BCUT2D eigenvalue weighted by Gasteiger charge is 2.08. The Balaban J connectivity index is 2.36. The largest absolute Gasteiger partial charge is 0.481 e. The van der Waals surface area contributed by atoms with Crippen LogP contribution >= 0.6 is 11.8 Å². The van der Waals surface area contributed by atoms with Crippen molar-refractivity contribution in [2.45, 2.75) is 26.0 Å². The number of nitrogens with zero attached hydrogens (tertiary/aromatic N) is 2. The van der Waals surface area contributed by atoms with E-state index in [1.165, 1.54) is 11.8 Å². The van der Waals surface area contributed by atoms with Gasteiger partial charge in [-0.25, -0.2) is 0 Å². The third-order valence-electron chi connectivity index (χ3n) is 1.54. The first kappa shape index (κ1) is 12.0. The van der Waals surface area contributed by atoms with Crippen molar-refractivity contribution in [1.82, 2.24) is 10.2 Å². The summed E-state index contributed by atoms with van der Waals surface area (Å²) < 4.78 is 5.34. The highest BCUT2D eigenvalue weighted by atomic mass is 32.2. The predicted octanol–water partition coefficient (Wildman–Crippen LogP) is 1.59. The molecule has 0 aromatic carbocycles. The molecule has 84 valence electrons. The van der Waals surface area contributed by atoms with Crippen molar-refractivity contribution in [3.05, 3.63) is 11.8 Å². The fourth-order valence-corrected chi connectivity index (χ4v) is 1.57. The van der Waals surface area contributed by atoms with Gasteiger partial charge in [0.25, 0.3) is 0 Å². The van der Waals surface area contributed by atoms with Crippen LogP contribution in [0.4, 0.5) is 0 Å². The summed E-state index contributed by atoms with van der Waals surface area (Å²) in [7, 11) is 0. The SMILES string of the molecule is CC(C)Cc1nnc(CSCC(=O)O)o1. The molecular formula is C9H14N2O3S. The zero-order valence-corrected chi connectivity index (χ0v) is 9.58. The molecule has 0 spiro atoms. The molecule has 1 rings (SSSR count). The number of aliphatic carboxylic acids is 1. The summed E-state index contributed by atoms with van der Waals surface area (Å²) in [4.78, 5) is 10.3. The van der Waals surface area contributed by atoms with E-state index in [0.717, 1.165) is 6.42 Å². The Hall–Kier alpha value is -1.04. The fraction of sp³-hybridized carbons (Fsp3) is 0.667. The number of rotatable bonds is 6. The zero-order chi connectivity index (χ0) is 11.3. The monoisotopic (exact) mass is 230 g/mol. The number of carboxylic acid groups (broad SMARTS) is 1. The van der Waals surface area contributed by atoms with Crippen molar-refractivity contribution < 1.29 is 14.3 Å². The molecule has 0 fully saturated rings. The standard InChI is InChI=1S/C9H14N2O3S/c1-6(2)3-7-10-11-8(14-7)4-15-5-9(12)13/h6H,3-5H2,1-2H3,(H,12,13). The lowest BCUT2D eigenvalue weighted by atomic mass is 10.1. The molecule has 0 saturated heterocycles. The Kier molecular flexibility index (Phi) is 4.61. The fourth-order valence-electron chi connectivity index (χ4n) is 1.00. The van der Waals surface area contributed by atoms with Gasteiger partial charge in [-0.3, -0.25) is 4.79 Å². The molecule has 1 N–H and O–H groups in total. The Morgan fingerprint density at radius 3 is 2.73 bits per heavy atom. The number of hydrogen-bond donors (Lipinski definition) is 1. The van der Waals surface area contributed by atoms with Crippen LogP contribution in [0.2, 0.25) is 0 Å². The van der Waals surface area contributed by atoms with Gasteiger partial charge in [0.1, 0.15) is 0 Å². The van der Waals surface area contributed by atoms with Gasteiger partial charge in [-0.2, -0.15) is 0 Å². The van der Waals surface area contributed by atoms with Crippen LogP contribution in [-0.2, 0) is 17.0 Å². The van der Waals surface area contributed by atoms with E-state index in [2.05, 4.69) is 24.0 Å². The molecule has 0 aliphatic rings. The summed E-state index contributed by atoms with van der Waals surface area (Å²) in [6.45, 7) is 4.14. The number of hydrogen-bond acceptors (Lipinski definition) is 5. The van der Waals surface area contributed by atoms with Crippen LogP contribution in [0.25, 0.3) is 0 Å². The van der Waals surface area contributed by atoms with Gasteiger partial charge in [0.15, 0.2) is 0 Å². The van der Waals surface area contributed by atoms with Crippen molar-refractivity contribution in [3.63, 3.8) is 0 Å². The third kappa shape index (κ3) is 4.83. The average Bonchev–Trinajstić information content (AvgIpc) is 2.50. The third-order valence-corrected chi connectivity index (χ3v) is 2.44. The van der Waals surface area contributed by atoms with Gasteiger partial charge in [0, 0.05) is 6.42 Å². The topological polar surface area (TPSA) is 76.2 Å². The summed E-state index contributed by atoms with van der Waals surface area (Å²) in [5.74, 6) is 1.28. The van der Waals surface area contributed by atoms with Crippen LogP contribution in [0.15, 0.2) is 4.42 Å². The summed E-state index contributed by atoms with van der Waals surface area (Å²) >= 11 is 1.25. The molecule has 0 unspecified atom stereocenters. The van der Waals surface area contributed by atoms with Gasteiger partial charge in [0.2, 0.25) is 11.8 Å². The molecule has 0 atom stereocenters. The molecule has 5 nitrogen and oxygen atoms in total. The van der Waals surface area contributed by atoms with E-state index < -0.39 is 5.97 Å². The van der Waals surface area contributed by atoms with Crippen molar-refractivity contribution >= 4 is 17.7 Å². The minimum atomic E-state index is -0.832. The summed E-state index contributed by atoms with van der Waals surface area (Å²) in [5, 5.41) is 16.1. The molecule has 0 amide bonds. The zero-order valence-electron chi connectivity index (χ0n) is 8.77. The van der Waals surface area contributed by atoms with Gasteiger partial charge < -0.3 is 9.52 Å². The quantitative estimate of drug-likeness (QED) is 0.799. The predicted molar refractivity (Wildman–Crippen MR) is 56.6 cm³/mol. The van der Waals surface area contributed by atoms with Crippen LogP contribution < -0.4 is 0 Å². The highest BCUT2D eigenvalue weighted by Crippen LogP contribution is 2.12. The summed E-state index contributed by atoms with van der Waals surface area (Å²) in [6.07, 6.45) is 0.761. The molecule has 15 heavy (non-hydrogen) atoms. The van der Waals surface area contributed by atoms with E-state index in [0.29, 0.717) is 23.5 Å². The molecule has 0 aliphatic heterocycles. The lowest BCUT2D eigenvalue weighted by Crippen LogP contribution is -1.98. The van der Waals surface area contributed by atoms with Crippen molar-refractivity contribution in [1.29, 1.82) is 0 Å². The first-order valence-electron chi connectivity index (χ1n) is 4.68. The molecule has 1 aromatic heterocycles. The van der Waals surface area contributed by atoms with Gasteiger partial charge in [0.05, 0.1) is 11.5 Å². The smallest absolute Gasteiger partial charge is 0.313 e. The van der Waals surface area contributed by atoms with E-state index in [1.54, 1.807) is 0 Å². The second-order valence-corrected chi connectivity index (χ2v) is 4.56. The van der Waals surface area contributed by atoms with E-state index in [9.17, 15) is 4.79 Å². The molecular weight excluding hydrogens is 216 g/mol. The molecule has 0 aliphatic carbocycles. The highest BCUT2D eigenvalue weighted by molar-refractivity contribution is 7.99. The van der Waals surface area contributed by atoms with Gasteiger partial charge in [-0.15, -0.1) is 22.0 Å². The molecule has 6 heteroatoms. The summed E-state index contributed by atoms with van der Waals surface area (Å²) in [6, 6.07) is 0. The minimum absolute atomic E-state index is 0.0574. The molecule has 1 aromatic rings. The lowest BCUT2D eigenvalue weighted by Gasteiger charge is -1.97. The lowest BCUT2D eigenvalue weighted by molar-refractivity contribution is -0.133. The van der Waals surface area contributed by atoms with Crippen LogP contribution in [0, 0.1) is 5.92 Å². The minimum Gasteiger partial charge on any atom is -0.481 e. The second kappa shape index (κ2) is 5.75. The Bertz CT molecular complexity index is 325. The first-order chi connectivity index (χ1) is 7.08. The Morgan fingerprint density at radius 1 is 1.47 bits per heavy atom. The van der Waals surface area contributed by atoms with Crippen molar-refractivity contribution in [3.8, 4) is 0 Å². The van der Waals surface area contributed by atoms with Crippen molar-refractivity contribution in [2.75, 3.05) is 5.75 Å². The van der Waals surface area contributed by atoms with Gasteiger partial charge in [-0.05, 0) is 5.92 Å². The normalized spacial score (nSPS) is 10.9.